The van der Waals surface area contributed by atoms with E-state index in [1.54, 1.807) is 6.07 Å². The maximum atomic E-state index is 15.1. The number of ketones is 1. The summed E-state index contributed by atoms with van der Waals surface area (Å²) in [5.74, 6) is -2.76. The summed E-state index contributed by atoms with van der Waals surface area (Å²) in [6.07, 6.45) is 4.15. The highest BCUT2D eigenvalue weighted by Crippen LogP contribution is 2.40. The summed E-state index contributed by atoms with van der Waals surface area (Å²) in [4.78, 5) is 30.1. The van der Waals surface area contributed by atoms with Crippen LogP contribution in [0.1, 0.15) is 49.3 Å². The van der Waals surface area contributed by atoms with Gasteiger partial charge in [-0.3, -0.25) is 14.5 Å². The first-order chi connectivity index (χ1) is 19.8. The van der Waals surface area contributed by atoms with Crippen LogP contribution in [0.3, 0.4) is 0 Å². The minimum Gasteiger partial charge on any atom is -0.507 e. The van der Waals surface area contributed by atoms with Crippen molar-refractivity contribution in [2.45, 2.75) is 43.0 Å². The standard InChI is InChI=1S/C30H36FN3O6S/c31-25-9-4-3-8-24(25)27-26(29(36)30(37)34(27)17-7-14-32-18-20-40-21-19-32)28(35)22-10-12-23(13-11-22)41(38,39)33-15-5-1-2-6-16-33/h3-4,8-13,27,35H,1-2,5-7,14-21H2/t27-/m0/s1. The quantitative estimate of drug-likeness (QED) is 0.287. The van der Waals surface area contributed by atoms with Gasteiger partial charge in [-0.1, -0.05) is 31.0 Å². The van der Waals surface area contributed by atoms with E-state index in [9.17, 15) is 23.1 Å². The van der Waals surface area contributed by atoms with Gasteiger partial charge in [-0.05, 0) is 49.6 Å². The molecule has 3 heterocycles. The van der Waals surface area contributed by atoms with Gasteiger partial charge < -0.3 is 14.7 Å². The van der Waals surface area contributed by atoms with Crippen LogP contribution in [0.15, 0.2) is 59.0 Å². The number of halogens is 1. The zero-order valence-electron chi connectivity index (χ0n) is 23.0. The predicted molar refractivity (Wildman–Crippen MR) is 151 cm³/mol. The smallest absolute Gasteiger partial charge is 0.295 e. The molecule has 3 saturated heterocycles. The van der Waals surface area contributed by atoms with Crippen LogP contribution in [0.5, 0.6) is 0 Å². The van der Waals surface area contributed by atoms with Crippen LogP contribution < -0.4 is 0 Å². The maximum absolute atomic E-state index is 15.1. The van der Waals surface area contributed by atoms with E-state index in [1.165, 1.54) is 51.7 Å². The molecular formula is C30H36FN3O6S. The zero-order valence-corrected chi connectivity index (χ0v) is 23.8. The van der Waals surface area contributed by atoms with E-state index < -0.39 is 39.3 Å². The fourth-order valence-corrected chi connectivity index (χ4v) is 7.31. The van der Waals surface area contributed by atoms with Crippen LogP contribution in [0.2, 0.25) is 0 Å². The largest absolute Gasteiger partial charge is 0.507 e. The van der Waals surface area contributed by atoms with Crippen LogP contribution in [0.25, 0.3) is 5.76 Å². The highest BCUT2D eigenvalue weighted by Gasteiger charge is 2.46. The van der Waals surface area contributed by atoms with E-state index >= 15 is 4.39 Å². The van der Waals surface area contributed by atoms with Gasteiger partial charge in [0.2, 0.25) is 10.0 Å². The molecule has 1 atom stereocenters. The minimum atomic E-state index is -3.71. The maximum Gasteiger partial charge on any atom is 0.295 e. The number of carbonyl (C=O) groups excluding carboxylic acids is 2. The van der Waals surface area contributed by atoms with Crippen molar-refractivity contribution in [3.8, 4) is 0 Å². The lowest BCUT2D eigenvalue weighted by atomic mass is 9.95. The zero-order chi connectivity index (χ0) is 29.0. The Morgan fingerprint density at radius 2 is 1.56 bits per heavy atom. The number of likely N-dealkylation sites (tertiary alicyclic amines) is 1. The number of benzene rings is 2. The molecule has 0 saturated carbocycles. The molecule has 0 bridgehead atoms. The first kappa shape index (κ1) is 29.4. The second-order valence-electron chi connectivity index (χ2n) is 10.7. The van der Waals surface area contributed by atoms with E-state index in [0.717, 1.165) is 38.8 Å². The molecule has 41 heavy (non-hydrogen) atoms. The van der Waals surface area contributed by atoms with Gasteiger partial charge in [-0.15, -0.1) is 0 Å². The monoisotopic (exact) mass is 585 g/mol. The van der Waals surface area contributed by atoms with Crippen LogP contribution >= 0.6 is 0 Å². The van der Waals surface area contributed by atoms with Crippen molar-refractivity contribution < 1.29 is 32.2 Å². The van der Waals surface area contributed by atoms with Crippen molar-refractivity contribution in [2.75, 3.05) is 52.5 Å². The number of hydrogen-bond acceptors (Lipinski definition) is 7. The number of aliphatic hydroxyl groups excluding tert-OH is 1. The third-order valence-electron chi connectivity index (χ3n) is 8.05. The van der Waals surface area contributed by atoms with Gasteiger partial charge in [0, 0.05) is 50.4 Å². The van der Waals surface area contributed by atoms with Gasteiger partial charge in [-0.25, -0.2) is 12.8 Å². The number of Topliss-reactive ketones (excluding diaryl/α,β-unsaturated/α-hetero) is 1. The number of rotatable bonds is 8. The molecule has 0 spiro atoms. The van der Waals surface area contributed by atoms with E-state index in [0.29, 0.717) is 39.3 Å². The van der Waals surface area contributed by atoms with E-state index in [4.69, 9.17) is 4.74 Å². The molecular weight excluding hydrogens is 549 g/mol. The van der Waals surface area contributed by atoms with Gasteiger partial charge in [0.05, 0.1) is 29.7 Å². The van der Waals surface area contributed by atoms with Crippen molar-refractivity contribution in [2.24, 2.45) is 0 Å². The second kappa shape index (κ2) is 12.8. The lowest BCUT2D eigenvalue weighted by Crippen LogP contribution is -2.39. The Balaban J connectivity index is 1.44. The summed E-state index contributed by atoms with van der Waals surface area (Å²) in [5.41, 5.74) is 0.0713. The third kappa shape index (κ3) is 6.23. The number of morpholine rings is 1. The summed E-state index contributed by atoms with van der Waals surface area (Å²) in [6, 6.07) is 10.4. The number of aliphatic hydroxyl groups is 1. The molecule has 1 amide bonds. The van der Waals surface area contributed by atoms with Crippen molar-refractivity contribution in [1.29, 1.82) is 0 Å². The lowest BCUT2D eigenvalue weighted by molar-refractivity contribution is -0.140. The molecule has 9 nitrogen and oxygen atoms in total. The van der Waals surface area contributed by atoms with E-state index in [-0.39, 0.29) is 28.1 Å². The van der Waals surface area contributed by atoms with Gasteiger partial charge in [0.25, 0.3) is 11.7 Å². The average Bonchev–Trinajstić information content (AvgIpc) is 3.16. The summed E-state index contributed by atoms with van der Waals surface area (Å²) in [7, 11) is -3.71. The van der Waals surface area contributed by atoms with Gasteiger partial charge >= 0.3 is 0 Å². The SMILES string of the molecule is O=C1C(=O)N(CCCN2CCOCC2)[C@@H](c2ccccc2F)C1=C(O)c1ccc(S(=O)(=O)N2CCCCCC2)cc1. The number of nitrogens with zero attached hydrogens (tertiary/aromatic N) is 3. The Bertz CT molecular complexity index is 1400. The van der Waals surface area contributed by atoms with Crippen LogP contribution in [-0.2, 0) is 24.3 Å². The number of amides is 1. The molecule has 0 radical (unpaired) electrons. The van der Waals surface area contributed by atoms with Crippen molar-refractivity contribution >= 4 is 27.5 Å². The molecule has 220 valence electrons. The topological polar surface area (TPSA) is 107 Å². The first-order valence-electron chi connectivity index (χ1n) is 14.2. The Labute approximate surface area is 240 Å². The Hall–Kier alpha value is -3.12. The average molecular weight is 586 g/mol. The van der Waals surface area contributed by atoms with E-state index in [2.05, 4.69) is 4.90 Å². The van der Waals surface area contributed by atoms with E-state index in [1.807, 2.05) is 0 Å². The molecule has 3 fully saturated rings. The molecule has 3 aliphatic rings. The van der Waals surface area contributed by atoms with Gasteiger partial charge in [0.15, 0.2) is 0 Å². The predicted octanol–water partition coefficient (Wildman–Crippen LogP) is 3.53. The molecule has 1 N–H and O–H groups in total. The molecule has 2 aromatic carbocycles. The summed E-state index contributed by atoms with van der Waals surface area (Å²) in [6.45, 7) is 4.63. The van der Waals surface area contributed by atoms with Gasteiger partial charge in [0.1, 0.15) is 11.6 Å². The van der Waals surface area contributed by atoms with Crippen LogP contribution in [0, 0.1) is 5.82 Å². The normalized spacial score (nSPS) is 22.7. The van der Waals surface area contributed by atoms with Crippen LogP contribution in [-0.4, -0.2) is 91.8 Å². The Morgan fingerprint density at radius 1 is 0.902 bits per heavy atom. The fourth-order valence-electron chi connectivity index (χ4n) is 5.79. The minimum absolute atomic E-state index is 0.0881. The molecule has 3 aliphatic heterocycles. The molecule has 11 heteroatoms. The Kier molecular flexibility index (Phi) is 9.18. The van der Waals surface area contributed by atoms with Crippen molar-refractivity contribution in [1.82, 2.24) is 14.1 Å². The van der Waals surface area contributed by atoms with Crippen molar-refractivity contribution in [3.63, 3.8) is 0 Å². The summed E-state index contributed by atoms with van der Waals surface area (Å²) < 4.78 is 48.3. The summed E-state index contributed by atoms with van der Waals surface area (Å²) >= 11 is 0. The van der Waals surface area contributed by atoms with Crippen molar-refractivity contribution in [3.05, 3.63) is 71.0 Å². The number of ether oxygens (including phenoxy) is 1. The molecule has 0 aliphatic carbocycles. The first-order valence-corrected chi connectivity index (χ1v) is 15.7. The second-order valence-corrected chi connectivity index (χ2v) is 12.6. The number of carbonyl (C=O) groups is 2. The number of hydrogen-bond donors (Lipinski definition) is 1. The molecule has 2 aromatic rings. The highest BCUT2D eigenvalue weighted by atomic mass is 32.2. The lowest BCUT2D eigenvalue weighted by Gasteiger charge is -2.29. The molecule has 5 rings (SSSR count). The molecule has 0 unspecified atom stereocenters. The Morgan fingerprint density at radius 3 is 2.22 bits per heavy atom. The highest BCUT2D eigenvalue weighted by molar-refractivity contribution is 7.89. The van der Waals surface area contributed by atoms with Gasteiger partial charge in [-0.2, -0.15) is 4.31 Å². The number of sulfonamides is 1. The third-order valence-corrected chi connectivity index (χ3v) is 9.96. The molecule has 0 aromatic heterocycles. The van der Waals surface area contributed by atoms with Crippen LogP contribution in [0.4, 0.5) is 4.39 Å². The fraction of sp³-hybridized carbons (Fsp3) is 0.467. The summed E-state index contributed by atoms with van der Waals surface area (Å²) in [5, 5.41) is 11.3.